The molecule has 1 aliphatic rings. The van der Waals surface area contributed by atoms with Gasteiger partial charge in [0, 0.05) is 0 Å². The highest BCUT2D eigenvalue weighted by atomic mass is 16.5. The van der Waals surface area contributed by atoms with Gasteiger partial charge in [0.15, 0.2) is 0 Å². The van der Waals surface area contributed by atoms with Crippen molar-refractivity contribution in [3.05, 3.63) is 0 Å². The standard InChI is InChI=1S/C12H24O/c1-9(2)7-11-5-6-12(13-11)8-10(3)4/h9-12H,5-8H2,1-4H3. The fraction of sp³-hybridized carbons (Fsp3) is 1.00. The molecule has 1 heterocycles. The molecule has 0 aromatic heterocycles. The minimum atomic E-state index is 0.559. The van der Waals surface area contributed by atoms with Crippen LogP contribution in [0, 0.1) is 11.8 Å². The summed E-state index contributed by atoms with van der Waals surface area (Å²) in [5.74, 6) is 1.56. The molecule has 0 aromatic carbocycles. The molecule has 1 fully saturated rings. The van der Waals surface area contributed by atoms with E-state index in [1.807, 2.05) is 0 Å². The highest BCUT2D eigenvalue weighted by Crippen LogP contribution is 2.28. The minimum absolute atomic E-state index is 0.559. The van der Waals surface area contributed by atoms with Crippen LogP contribution in [0.25, 0.3) is 0 Å². The molecule has 0 aromatic rings. The van der Waals surface area contributed by atoms with Crippen LogP contribution in [0.4, 0.5) is 0 Å². The second-order valence-corrected chi connectivity index (χ2v) is 5.22. The SMILES string of the molecule is CC(C)CC1CCC(CC(C)C)O1. The van der Waals surface area contributed by atoms with Crippen LogP contribution in [0.2, 0.25) is 0 Å². The van der Waals surface area contributed by atoms with Crippen molar-refractivity contribution in [3.63, 3.8) is 0 Å². The molecule has 0 radical (unpaired) electrons. The Morgan fingerprint density at radius 2 is 1.31 bits per heavy atom. The maximum absolute atomic E-state index is 5.98. The van der Waals surface area contributed by atoms with E-state index in [0.29, 0.717) is 12.2 Å². The van der Waals surface area contributed by atoms with Gasteiger partial charge in [0.2, 0.25) is 0 Å². The molecular weight excluding hydrogens is 160 g/mol. The molecule has 0 saturated carbocycles. The number of hydrogen-bond acceptors (Lipinski definition) is 1. The van der Waals surface area contributed by atoms with Crippen LogP contribution >= 0.6 is 0 Å². The fourth-order valence-electron chi connectivity index (χ4n) is 2.18. The van der Waals surface area contributed by atoms with Gasteiger partial charge in [-0.05, 0) is 37.5 Å². The van der Waals surface area contributed by atoms with E-state index in [0.717, 1.165) is 11.8 Å². The molecule has 0 N–H and O–H groups in total. The summed E-state index contributed by atoms with van der Waals surface area (Å²) in [5.41, 5.74) is 0. The third-order valence-electron chi connectivity index (χ3n) is 2.66. The van der Waals surface area contributed by atoms with E-state index in [2.05, 4.69) is 27.7 Å². The molecule has 1 aliphatic heterocycles. The molecule has 0 spiro atoms. The maximum atomic E-state index is 5.98. The van der Waals surface area contributed by atoms with Gasteiger partial charge < -0.3 is 4.74 Å². The van der Waals surface area contributed by atoms with Crippen LogP contribution in [0.5, 0.6) is 0 Å². The Kier molecular flexibility index (Phi) is 4.24. The molecule has 1 saturated heterocycles. The van der Waals surface area contributed by atoms with Gasteiger partial charge in [0.25, 0.3) is 0 Å². The summed E-state index contributed by atoms with van der Waals surface area (Å²) < 4.78 is 5.98. The van der Waals surface area contributed by atoms with Crippen LogP contribution < -0.4 is 0 Å². The number of hydrogen-bond donors (Lipinski definition) is 0. The molecule has 0 amide bonds. The summed E-state index contributed by atoms with van der Waals surface area (Å²) in [6, 6.07) is 0. The highest BCUT2D eigenvalue weighted by molar-refractivity contribution is 4.75. The van der Waals surface area contributed by atoms with Crippen LogP contribution in [0.1, 0.15) is 53.4 Å². The van der Waals surface area contributed by atoms with Crippen molar-refractivity contribution in [2.45, 2.75) is 65.6 Å². The van der Waals surface area contributed by atoms with Gasteiger partial charge >= 0.3 is 0 Å². The van der Waals surface area contributed by atoms with E-state index in [9.17, 15) is 0 Å². The molecule has 13 heavy (non-hydrogen) atoms. The topological polar surface area (TPSA) is 9.23 Å². The molecular formula is C12H24O. The van der Waals surface area contributed by atoms with E-state index >= 15 is 0 Å². The lowest BCUT2D eigenvalue weighted by atomic mass is 10.0. The van der Waals surface area contributed by atoms with Crippen molar-refractivity contribution in [2.75, 3.05) is 0 Å². The van der Waals surface area contributed by atoms with Crippen molar-refractivity contribution in [1.82, 2.24) is 0 Å². The first kappa shape index (κ1) is 11.0. The van der Waals surface area contributed by atoms with Crippen LogP contribution in [0.3, 0.4) is 0 Å². The fourth-order valence-corrected chi connectivity index (χ4v) is 2.18. The van der Waals surface area contributed by atoms with Crippen molar-refractivity contribution in [1.29, 1.82) is 0 Å². The third-order valence-corrected chi connectivity index (χ3v) is 2.66. The first-order valence-electron chi connectivity index (χ1n) is 5.73. The maximum Gasteiger partial charge on any atom is 0.0582 e. The van der Waals surface area contributed by atoms with Crippen LogP contribution in [-0.2, 0) is 4.74 Å². The Bertz CT molecular complexity index is 124. The molecule has 2 atom stereocenters. The minimum Gasteiger partial charge on any atom is -0.375 e. The monoisotopic (exact) mass is 184 g/mol. The molecule has 0 aliphatic carbocycles. The summed E-state index contributed by atoms with van der Waals surface area (Å²) in [6.07, 6.45) is 6.18. The highest BCUT2D eigenvalue weighted by Gasteiger charge is 2.25. The van der Waals surface area contributed by atoms with Gasteiger partial charge in [0.1, 0.15) is 0 Å². The van der Waals surface area contributed by atoms with Crippen molar-refractivity contribution in [3.8, 4) is 0 Å². The summed E-state index contributed by atoms with van der Waals surface area (Å²) in [5, 5.41) is 0. The van der Waals surface area contributed by atoms with Crippen LogP contribution in [-0.4, -0.2) is 12.2 Å². The van der Waals surface area contributed by atoms with E-state index < -0.39 is 0 Å². The Morgan fingerprint density at radius 3 is 1.62 bits per heavy atom. The van der Waals surface area contributed by atoms with Crippen molar-refractivity contribution < 1.29 is 4.74 Å². The molecule has 78 valence electrons. The zero-order chi connectivity index (χ0) is 9.84. The first-order valence-corrected chi connectivity index (χ1v) is 5.73. The first-order chi connectivity index (χ1) is 6.08. The van der Waals surface area contributed by atoms with E-state index in [4.69, 9.17) is 4.74 Å². The van der Waals surface area contributed by atoms with Crippen molar-refractivity contribution in [2.24, 2.45) is 11.8 Å². The Morgan fingerprint density at radius 1 is 0.923 bits per heavy atom. The Balaban J connectivity index is 2.20. The molecule has 1 nitrogen and oxygen atoms in total. The summed E-state index contributed by atoms with van der Waals surface area (Å²) in [6.45, 7) is 9.11. The predicted molar refractivity (Wildman–Crippen MR) is 56.8 cm³/mol. The van der Waals surface area contributed by atoms with E-state index in [1.54, 1.807) is 0 Å². The normalized spacial score (nSPS) is 29.1. The summed E-state index contributed by atoms with van der Waals surface area (Å²) in [4.78, 5) is 0. The van der Waals surface area contributed by atoms with Crippen molar-refractivity contribution >= 4 is 0 Å². The van der Waals surface area contributed by atoms with Crippen LogP contribution in [0.15, 0.2) is 0 Å². The number of rotatable bonds is 4. The van der Waals surface area contributed by atoms with Gasteiger partial charge in [-0.25, -0.2) is 0 Å². The average Bonchev–Trinajstić information content (AvgIpc) is 2.33. The average molecular weight is 184 g/mol. The van der Waals surface area contributed by atoms with E-state index in [1.165, 1.54) is 25.7 Å². The largest absolute Gasteiger partial charge is 0.375 e. The van der Waals surface area contributed by atoms with Gasteiger partial charge in [-0.1, -0.05) is 27.7 Å². The summed E-state index contributed by atoms with van der Waals surface area (Å²) in [7, 11) is 0. The van der Waals surface area contributed by atoms with Gasteiger partial charge in [-0.3, -0.25) is 0 Å². The number of ether oxygens (including phenoxy) is 1. The second kappa shape index (κ2) is 4.99. The molecule has 0 bridgehead atoms. The van der Waals surface area contributed by atoms with Gasteiger partial charge in [-0.2, -0.15) is 0 Å². The Hall–Kier alpha value is -0.0400. The quantitative estimate of drug-likeness (QED) is 0.648. The molecule has 1 rings (SSSR count). The van der Waals surface area contributed by atoms with Gasteiger partial charge in [0.05, 0.1) is 12.2 Å². The lowest BCUT2D eigenvalue weighted by molar-refractivity contribution is 0.0237. The summed E-state index contributed by atoms with van der Waals surface area (Å²) >= 11 is 0. The molecule has 2 unspecified atom stereocenters. The third kappa shape index (κ3) is 4.12. The second-order valence-electron chi connectivity index (χ2n) is 5.22. The predicted octanol–water partition coefficient (Wildman–Crippen LogP) is 3.63. The van der Waals surface area contributed by atoms with E-state index in [-0.39, 0.29) is 0 Å². The van der Waals surface area contributed by atoms with Gasteiger partial charge in [-0.15, -0.1) is 0 Å². The Labute approximate surface area is 82.9 Å². The zero-order valence-electron chi connectivity index (χ0n) is 9.55. The zero-order valence-corrected chi connectivity index (χ0v) is 9.55. The molecule has 1 heteroatoms. The lowest BCUT2D eigenvalue weighted by Gasteiger charge is -2.16. The smallest absolute Gasteiger partial charge is 0.0582 e. The lowest BCUT2D eigenvalue weighted by Crippen LogP contribution is -2.14.